The third kappa shape index (κ3) is 2.69. The molecule has 0 aliphatic rings. The first kappa shape index (κ1) is 13.8. The van der Waals surface area contributed by atoms with Crippen LogP contribution >= 0.6 is 0 Å². The molecule has 0 saturated heterocycles. The van der Waals surface area contributed by atoms with E-state index >= 15 is 0 Å². The lowest BCUT2D eigenvalue weighted by atomic mass is 9.85. The zero-order chi connectivity index (χ0) is 14.0. The van der Waals surface area contributed by atoms with Crippen molar-refractivity contribution in [2.75, 3.05) is 0 Å². The maximum Gasteiger partial charge on any atom is 0.123 e. The van der Waals surface area contributed by atoms with Gasteiger partial charge in [-0.1, -0.05) is 37.3 Å². The van der Waals surface area contributed by atoms with E-state index < -0.39 is 5.60 Å². The molecule has 0 saturated carbocycles. The van der Waals surface area contributed by atoms with Gasteiger partial charge in [0.25, 0.3) is 0 Å². The molecule has 1 N–H and O–H groups in total. The zero-order valence-corrected chi connectivity index (χ0v) is 11.6. The van der Waals surface area contributed by atoms with Gasteiger partial charge < -0.3 is 5.11 Å². The summed E-state index contributed by atoms with van der Waals surface area (Å²) in [5.74, 6) is -0.279. The van der Waals surface area contributed by atoms with E-state index in [-0.39, 0.29) is 5.82 Å². The monoisotopic (exact) mass is 258 g/mol. The van der Waals surface area contributed by atoms with E-state index in [0.29, 0.717) is 0 Å². The van der Waals surface area contributed by atoms with Crippen LogP contribution in [0.3, 0.4) is 0 Å². The number of aliphatic hydroxyl groups is 1. The predicted octanol–water partition coefficient (Wildman–Crippen LogP) is 3.95. The molecule has 0 fully saturated rings. The minimum atomic E-state index is -1.11. The summed E-state index contributed by atoms with van der Waals surface area (Å²) in [5.41, 5.74) is 2.43. The second-order valence-electron chi connectivity index (χ2n) is 5.08. The Labute approximate surface area is 113 Å². The van der Waals surface area contributed by atoms with Crippen LogP contribution < -0.4 is 0 Å². The van der Waals surface area contributed by atoms with Crippen molar-refractivity contribution >= 4 is 0 Å². The van der Waals surface area contributed by atoms with Gasteiger partial charge in [0.15, 0.2) is 0 Å². The van der Waals surface area contributed by atoms with Gasteiger partial charge in [-0.05, 0) is 54.7 Å². The van der Waals surface area contributed by atoms with Crippen LogP contribution in [-0.4, -0.2) is 5.11 Å². The first-order valence-corrected chi connectivity index (χ1v) is 6.53. The van der Waals surface area contributed by atoms with E-state index in [9.17, 15) is 9.50 Å². The predicted molar refractivity (Wildman–Crippen MR) is 75.6 cm³/mol. The van der Waals surface area contributed by atoms with Gasteiger partial charge in [-0.2, -0.15) is 0 Å². The Morgan fingerprint density at radius 1 is 1.11 bits per heavy atom. The summed E-state index contributed by atoms with van der Waals surface area (Å²) in [7, 11) is 0. The van der Waals surface area contributed by atoms with Gasteiger partial charge in [0, 0.05) is 0 Å². The smallest absolute Gasteiger partial charge is 0.123 e. The molecule has 0 spiro atoms. The SMILES string of the molecule is CCc1ccc(C(C)(O)c2ccc(F)cc2C)cc1. The molecule has 2 rings (SSSR count). The molecule has 19 heavy (non-hydrogen) atoms. The Kier molecular flexibility index (Phi) is 3.72. The molecule has 0 amide bonds. The van der Waals surface area contributed by atoms with Crippen molar-refractivity contribution in [1.82, 2.24) is 0 Å². The quantitative estimate of drug-likeness (QED) is 0.883. The number of aryl methyl sites for hydroxylation is 2. The summed E-state index contributed by atoms with van der Waals surface area (Å²) < 4.78 is 13.2. The fourth-order valence-corrected chi connectivity index (χ4v) is 2.39. The molecule has 0 aromatic heterocycles. The molecule has 2 aromatic carbocycles. The van der Waals surface area contributed by atoms with Crippen LogP contribution in [0.4, 0.5) is 4.39 Å². The lowest BCUT2D eigenvalue weighted by Gasteiger charge is -2.26. The number of halogens is 1. The Morgan fingerprint density at radius 2 is 1.74 bits per heavy atom. The average molecular weight is 258 g/mol. The van der Waals surface area contributed by atoms with E-state index in [4.69, 9.17) is 0 Å². The van der Waals surface area contributed by atoms with E-state index in [2.05, 4.69) is 6.92 Å². The molecular weight excluding hydrogens is 239 g/mol. The standard InChI is InChI=1S/C17H19FO/c1-4-13-5-7-14(8-6-13)17(3,19)16-10-9-15(18)11-12(16)2/h5-11,19H,4H2,1-3H3. The van der Waals surface area contributed by atoms with Crippen LogP contribution in [0.1, 0.15) is 36.1 Å². The molecular formula is C17H19FO. The second-order valence-corrected chi connectivity index (χ2v) is 5.08. The van der Waals surface area contributed by atoms with Gasteiger partial charge in [0.1, 0.15) is 11.4 Å². The van der Waals surface area contributed by atoms with Crippen LogP contribution in [0, 0.1) is 12.7 Å². The topological polar surface area (TPSA) is 20.2 Å². The summed E-state index contributed by atoms with van der Waals surface area (Å²) >= 11 is 0. The molecule has 1 unspecified atom stereocenters. The minimum Gasteiger partial charge on any atom is -0.381 e. The molecule has 0 aliphatic heterocycles. The highest BCUT2D eigenvalue weighted by Gasteiger charge is 2.27. The largest absolute Gasteiger partial charge is 0.381 e. The molecule has 2 heteroatoms. The van der Waals surface area contributed by atoms with E-state index in [1.165, 1.54) is 17.7 Å². The summed E-state index contributed by atoms with van der Waals surface area (Å²) in [5, 5.41) is 10.8. The van der Waals surface area contributed by atoms with Crippen molar-refractivity contribution in [2.24, 2.45) is 0 Å². The molecule has 1 nitrogen and oxygen atoms in total. The van der Waals surface area contributed by atoms with Crippen LogP contribution in [0.5, 0.6) is 0 Å². The Morgan fingerprint density at radius 3 is 2.26 bits per heavy atom. The lowest BCUT2D eigenvalue weighted by Crippen LogP contribution is -2.24. The molecule has 1 atom stereocenters. The molecule has 2 aromatic rings. The highest BCUT2D eigenvalue weighted by atomic mass is 19.1. The van der Waals surface area contributed by atoms with Crippen LogP contribution in [0.15, 0.2) is 42.5 Å². The van der Waals surface area contributed by atoms with Gasteiger partial charge >= 0.3 is 0 Å². The van der Waals surface area contributed by atoms with E-state index in [0.717, 1.165) is 23.1 Å². The second kappa shape index (κ2) is 5.14. The first-order chi connectivity index (χ1) is 8.95. The number of hydrogen-bond acceptors (Lipinski definition) is 1. The van der Waals surface area contributed by atoms with Crippen molar-refractivity contribution in [3.63, 3.8) is 0 Å². The van der Waals surface area contributed by atoms with Crippen molar-refractivity contribution in [3.8, 4) is 0 Å². The number of benzene rings is 2. The fourth-order valence-electron chi connectivity index (χ4n) is 2.39. The van der Waals surface area contributed by atoms with Crippen molar-refractivity contribution < 1.29 is 9.50 Å². The number of rotatable bonds is 3. The Balaban J connectivity index is 2.45. The normalized spacial score (nSPS) is 14.2. The van der Waals surface area contributed by atoms with Gasteiger partial charge in [-0.15, -0.1) is 0 Å². The van der Waals surface area contributed by atoms with Crippen molar-refractivity contribution in [3.05, 3.63) is 70.5 Å². The molecule has 0 heterocycles. The maximum atomic E-state index is 13.2. The molecule has 0 bridgehead atoms. The summed E-state index contributed by atoms with van der Waals surface area (Å²) in [4.78, 5) is 0. The third-order valence-corrected chi connectivity index (χ3v) is 3.64. The van der Waals surface area contributed by atoms with Crippen LogP contribution in [-0.2, 0) is 12.0 Å². The molecule has 0 radical (unpaired) electrons. The third-order valence-electron chi connectivity index (χ3n) is 3.64. The van der Waals surface area contributed by atoms with Gasteiger partial charge in [-0.3, -0.25) is 0 Å². The lowest BCUT2D eigenvalue weighted by molar-refractivity contribution is 0.101. The summed E-state index contributed by atoms with van der Waals surface area (Å²) in [6.45, 7) is 5.65. The van der Waals surface area contributed by atoms with Gasteiger partial charge in [-0.25, -0.2) is 4.39 Å². The van der Waals surface area contributed by atoms with Crippen LogP contribution in [0.25, 0.3) is 0 Å². The maximum absolute atomic E-state index is 13.2. The highest BCUT2D eigenvalue weighted by molar-refractivity contribution is 5.40. The zero-order valence-electron chi connectivity index (χ0n) is 11.6. The number of hydrogen-bond donors (Lipinski definition) is 1. The van der Waals surface area contributed by atoms with E-state index in [1.807, 2.05) is 31.2 Å². The Bertz CT molecular complexity index is 570. The molecule has 100 valence electrons. The highest BCUT2D eigenvalue weighted by Crippen LogP contribution is 2.31. The van der Waals surface area contributed by atoms with Crippen molar-refractivity contribution in [2.45, 2.75) is 32.8 Å². The minimum absolute atomic E-state index is 0.279. The summed E-state index contributed by atoms with van der Waals surface area (Å²) in [6.07, 6.45) is 0.970. The van der Waals surface area contributed by atoms with Crippen LogP contribution in [0.2, 0.25) is 0 Å². The van der Waals surface area contributed by atoms with E-state index in [1.54, 1.807) is 13.0 Å². The molecule has 0 aliphatic carbocycles. The van der Waals surface area contributed by atoms with Gasteiger partial charge in [0.05, 0.1) is 0 Å². The summed E-state index contributed by atoms with van der Waals surface area (Å²) in [6, 6.07) is 12.4. The fraction of sp³-hybridized carbons (Fsp3) is 0.294. The Hall–Kier alpha value is -1.67. The average Bonchev–Trinajstić information content (AvgIpc) is 2.38. The van der Waals surface area contributed by atoms with Crippen molar-refractivity contribution in [1.29, 1.82) is 0 Å². The van der Waals surface area contributed by atoms with Gasteiger partial charge in [0.2, 0.25) is 0 Å². The first-order valence-electron chi connectivity index (χ1n) is 6.53.